The molecule has 1 aromatic carbocycles. The predicted octanol–water partition coefficient (Wildman–Crippen LogP) is 4.20. The van der Waals surface area contributed by atoms with Gasteiger partial charge < -0.3 is 14.4 Å². The molecule has 0 aromatic heterocycles. The maximum Gasteiger partial charge on any atom is 0.282 e. The van der Waals surface area contributed by atoms with Crippen molar-refractivity contribution in [2.45, 2.75) is 77.7 Å². The third-order valence-electron chi connectivity index (χ3n) is 6.45. The summed E-state index contributed by atoms with van der Waals surface area (Å²) in [5.74, 6) is -0.398. The van der Waals surface area contributed by atoms with Crippen molar-refractivity contribution in [3.8, 4) is 0 Å². The van der Waals surface area contributed by atoms with Crippen LogP contribution in [0.4, 0.5) is 5.69 Å². The summed E-state index contributed by atoms with van der Waals surface area (Å²) in [7, 11) is -1.96. The van der Waals surface area contributed by atoms with Gasteiger partial charge in [-0.05, 0) is 62.0 Å². The van der Waals surface area contributed by atoms with Crippen LogP contribution in [0.5, 0.6) is 0 Å². The molecule has 0 bridgehead atoms. The van der Waals surface area contributed by atoms with E-state index in [9.17, 15) is 20.0 Å². The molecule has 1 aliphatic heterocycles. The molecule has 0 aliphatic carbocycles. The summed E-state index contributed by atoms with van der Waals surface area (Å²) in [4.78, 5) is 25.7. The van der Waals surface area contributed by atoms with Gasteiger partial charge in [-0.25, -0.2) is 0 Å². The lowest BCUT2D eigenvalue weighted by Gasteiger charge is -2.44. The highest BCUT2D eigenvalue weighted by Gasteiger charge is 2.42. The smallest absolute Gasteiger partial charge is 0.282 e. The third-order valence-corrected chi connectivity index (χ3v) is 11.0. The van der Waals surface area contributed by atoms with Gasteiger partial charge in [-0.3, -0.25) is 14.9 Å². The van der Waals surface area contributed by atoms with Crippen molar-refractivity contribution in [2.24, 2.45) is 0 Å². The standard InChI is InChI=1S/C21H34N2O5Si/c1-14-10-18(19(23(26)27)11-15(14)2)20(25)22-9-8-17(12-16(22)13-24)28-29(6,7)21(3,4)5/h10-11,16-17,24H,8-9,12-13H2,1-7H3/t16-,17+/m0/s1. The van der Waals surface area contributed by atoms with Gasteiger partial charge in [0.05, 0.1) is 17.6 Å². The molecule has 1 N–H and O–H groups in total. The Morgan fingerprint density at radius 3 is 2.41 bits per heavy atom. The van der Waals surface area contributed by atoms with Crippen LogP contribution in [0.2, 0.25) is 18.1 Å². The van der Waals surface area contributed by atoms with Gasteiger partial charge in [0, 0.05) is 18.7 Å². The molecule has 1 amide bonds. The van der Waals surface area contributed by atoms with E-state index in [0.29, 0.717) is 19.4 Å². The van der Waals surface area contributed by atoms with Crippen LogP contribution in [0.3, 0.4) is 0 Å². The molecule has 1 fully saturated rings. The second-order valence-corrected chi connectivity index (χ2v) is 14.3. The summed E-state index contributed by atoms with van der Waals surface area (Å²) >= 11 is 0. The number of nitrogens with zero attached hydrogens (tertiary/aromatic N) is 2. The summed E-state index contributed by atoms with van der Waals surface area (Å²) in [6, 6.07) is 2.62. The number of carbonyl (C=O) groups excluding carboxylic acids is 1. The van der Waals surface area contributed by atoms with Crippen LogP contribution >= 0.6 is 0 Å². The monoisotopic (exact) mass is 422 g/mol. The van der Waals surface area contributed by atoms with Crippen molar-refractivity contribution in [3.05, 3.63) is 38.9 Å². The van der Waals surface area contributed by atoms with Gasteiger partial charge in [-0.2, -0.15) is 0 Å². The fourth-order valence-corrected chi connectivity index (χ4v) is 4.83. The Morgan fingerprint density at radius 1 is 1.31 bits per heavy atom. The van der Waals surface area contributed by atoms with E-state index in [1.165, 1.54) is 6.07 Å². The van der Waals surface area contributed by atoms with Crippen molar-refractivity contribution < 1.29 is 19.3 Å². The van der Waals surface area contributed by atoms with E-state index >= 15 is 0 Å². The minimum absolute atomic E-state index is 0.0215. The number of likely N-dealkylation sites (tertiary alicyclic amines) is 1. The minimum atomic E-state index is -1.96. The fourth-order valence-electron chi connectivity index (χ4n) is 3.43. The summed E-state index contributed by atoms with van der Waals surface area (Å²) in [6.07, 6.45) is 1.17. The Bertz CT molecular complexity index is 788. The molecule has 29 heavy (non-hydrogen) atoms. The van der Waals surface area contributed by atoms with Gasteiger partial charge in [0.1, 0.15) is 5.56 Å². The molecular weight excluding hydrogens is 388 g/mol. The molecule has 1 aliphatic rings. The number of nitro benzene ring substituents is 1. The number of aryl methyl sites for hydroxylation is 2. The van der Waals surface area contributed by atoms with Crippen molar-refractivity contribution in [3.63, 3.8) is 0 Å². The Kier molecular flexibility index (Phi) is 6.92. The maximum atomic E-state index is 13.2. The molecule has 2 atom stereocenters. The average Bonchev–Trinajstić information content (AvgIpc) is 2.61. The number of hydrogen-bond donors (Lipinski definition) is 1. The molecule has 1 heterocycles. The first-order chi connectivity index (χ1) is 13.3. The predicted molar refractivity (Wildman–Crippen MR) is 116 cm³/mol. The first-order valence-corrected chi connectivity index (χ1v) is 13.0. The van der Waals surface area contributed by atoms with Crippen LogP contribution in [-0.2, 0) is 4.43 Å². The van der Waals surface area contributed by atoms with E-state index in [2.05, 4.69) is 33.9 Å². The van der Waals surface area contributed by atoms with Crippen LogP contribution < -0.4 is 0 Å². The lowest BCUT2D eigenvalue weighted by atomic mass is 9.97. The zero-order valence-corrected chi connectivity index (χ0v) is 19.6. The summed E-state index contributed by atoms with van der Waals surface area (Å²) in [5.41, 5.74) is 1.50. The maximum absolute atomic E-state index is 13.2. The molecule has 7 nitrogen and oxygen atoms in total. The summed E-state index contributed by atoms with van der Waals surface area (Å²) in [5, 5.41) is 21.5. The number of aliphatic hydroxyl groups excluding tert-OH is 1. The Balaban J connectivity index is 2.24. The molecular formula is C21H34N2O5Si. The summed E-state index contributed by atoms with van der Waals surface area (Å²) < 4.78 is 6.49. The first kappa shape index (κ1) is 23.5. The molecule has 162 valence electrons. The molecule has 1 aromatic rings. The Morgan fingerprint density at radius 2 is 1.90 bits per heavy atom. The first-order valence-electron chi connectivity index (χ1n) is 10.1. The molecule has 8 heteroatoms. The second-order valence-electron chi connectivity index (χ2n) is 9.57. The highest BCUT2D eigenvalue weighted by Crippen LogP contribution is 2.39. The SMILES string of the molecule is Cc1cc(C(=O)N2CC[C@@H](O[Si](C)(C)C(C)(C)C)C[C@H]2CO)c([N+](=O)[O-])cc1C. The molecule has 0 unspecified atom stereocenters. The van der Waals surface area contributed by atoms with Gasteiger partial charge in [0.25, 0.3) is 11.6 Å². The lowest BCUT2D eigenvalue weighted by Crippen LogP contribution is -2.53. The topological polar surface area (TPSA) is 92.9 Å². The number of aliphatic hydroxyl groups is 1. The molecule has 0 radical (unpaired) electrons. The number of nitro groups is 1. The number of hydrogen-bond acceptors (Lipinski definition) is 5. The third kappa shape index (κ3) is 5.05. The average molecular weight is 423 g/mol. The Hall–Kier alpha value is -1.77. The minimum Gasteiger partial charge on any atom is -0.414 e. The van der Waals surface area contributed by atoms with Gasteiger partial charge in [0.2, 0.25) is 0 Å². The molecule has 0 saturated carbocycles. The van der Waals surface area contributed by atoms with E-state index in [4.69, 9.17) is 4.43 Å². The Labute approximate surface area is 174 Å². The van der Waals surface area contributed by atoms with Crippen LogP contribution in [0.25, 0.3) is 0 Å². The van der Waals surface area contributed by atoms with Crippen molar-refractivity contribution in [2.75, 3.05) is 13.2 Å². The second kappa shape index (κ2) is 8.53. The van der Waals surface area contributed by atoms with Gasteiger partial charge in [0.15, 0.2) is 8.32 Å². The van der Waals surface area contributed by atoms with E-state index in [1.54, 1.807) is 17.9 Å². The van der Waals surface area contributed by atoms with Gasteiger partial charge in [-0.1, -0.05) is 20.8 Å². The fraction of sp³-hybridized carbons (Fsp3) is 0.667. The largest absolute Gasteiger partial charge is 0.414 e. The molecule has 0 spiro atoms. The van der Waals surface area contributed by atoms with Crippen molar-refractivity contribution in [1.82, 2.24) is 4.90 Å². The number of piperidine rings is 1. The van der Waals surface area contributed by atoms with Crippen molar-refractivity contribution >= 4 is 19.9 Å². The highest BCUT2D eigenvalue weighted by atomic mass is 28.4. The molecule has 1 saturated heterocycles. The number of rotatable bonds is 5. The van der Waals surface area contributed by atoms with Crippen LogP contribution in [0, 0.1) is 24.0 Å². The van der Waals surface area contributed by atoms with Crippen LogP contribution in [-0.4, -0.2) is 54.5 Å². The lowest BCUT2D eigenvalue weighted by molar-refractivity contribution is -0.385. The van der Waals surface area contributed by atoms with Crippen LogP contribution in [0.15, 0.2) is 12.1 Å². The normalized spacial score (nSPS) is 20.6. The highest BCUT2D eigenvalue weighted by molar-refractivity contribution is 6.74. The van der Waals surface area contributed by atoms with E-state index in [1.807, 2.05) is 6.92 Å². The van der Waals surface area contributed by atoms with E-state index in [0.717, 1.165) is 11.1 Å². The number of carbonyl (C=O) groups is 1. The van der Waals surface area contributed by atoms with Gasteiger partial charge >= 0.3 is 0 Å². The zero-order chi connectivity index (χ0) is 22.1. The quantitative estimate of drug-likeness (QED) is 0.436. The zero-order valence-electron chi connectivity index (χ0n) is 18.6. The van der Waals surface area contributed by atoms with E-state index in [-0.39, 0.29) is 29.0 Å². The van der Waals surface area contributed by atoms with Crippen LogP contribution in [0.1, 0.15) is 55.1 Å². The number of amides is 1. The molecule has 2 rings (SSSR count). The van der Waals surface area contributed by atoms with Gasteiger partial charge in [-0.15, -0.1) is 0 Å². The summed E-state index contributed by atoms with van der Waals surface area (Å²) in [6.45, 7) is 14.8. The number of benzene rings is 1. The van der Waals surface area contributed by atoms with E-state index < -0.39 is 25.2 Å². The van der Waals surface area contributed by atoms with Crippen molar-refractivity contribution in [1.29, 1.82) is 0 Å².